The second-order valence-corrected chi connectivity index (χ2v) is 7.59. The monoisotopic (exact) mass is 419 g/mol. The zero-order valence-corrected chi connectivity index (χ0v) is 15.5. The van der Waals surface area contributed by atoms with Gasteiger partial charge in [-0.15, -0.1) is 0 Å². The minimum atomic E-state index is -6.45. The molecular formula is C19H16F7N3. The fourth-order valence-electron chi connectivity index (χ4n) is 2.67. The highest BCUT2D eigenvalue weighted by molar-refractivity contribution is 5.64. The first-order valence-corrected chi connectivity index (χ1v) is 8.46. The third-order valence-corrected chi connectivity index (χ3v) is 4.34. The van der Waals surface area contributed by atoms with Crippen molar-refractivity contribution in [1.82, 2.24) is 14.6 Å². The average Bonchev–Trinajstić information content (AvgIpc) is 3.03. The number of nitrogens with zero attached hydrogens (tertiary/aromatic N) is 3. The topological polar surface area (TPSA) is 30.2 Å². The van der Waals surface area contributed by atoms with Crippen LogP contribution in [0.3, 0.4) is 0 Å². The van der Waals surface area contributed by atoms with E-state index < -0.39 is 29.1 Å². The number of alkyl halides is 7. The molecule has 0 aliphatic heterocycles. The molecule has 156 valence electrons. The van der Waals surface area contributed by atoms with E-state index in [0.717, 1.165) is 0 Å². The Balaban J connectivity index is 2.34. The third kappa shape index (κ3) is 3.44. The minimum absolute atomic E-state index is 0.0721. The van der Waals surface area contributed by atoms with E-state index in [-0.39, 0.29) is 17.0 Å². The molecule has 2 heterocycles. The lowest BCUT2D eigenvalue weighted by Gasteiger charge is -2.29. The molecule has 0 atom stereocenters. The van der Waals surface area contributed by atoms with Gasteiger partial charge in [-0.05, 0) is 6.07 Å². The van der Waals surface area contributed by atoms with E-state index in [4.69, 9.17) is 0 Å². The van der Waals surface area contributed by atoms with E-state index in [2.05, 4.69) is 10.1 Å². The predicted molar refractivity (Wildman–Crippen MR) is 92.0 cm³/mol. The second-order valence-electron chi connectivity index (χ2n) is 7.59. The molecule has 0 amide bonds. The van der Waals surface area contributed by atoms with Crippen molar-refractivity contribution in [2.45, 2.75) is 44.2 Å². The van der Waals surface area contributed by atoms with Crippen LogP contribution in [-0.4, -0.2) is 26.7 Å². The first kappa shape index (κ1) is 21.1. The van der Waals surface area contributed by atoms with E-state index in [1.165, 1.54) is 6.07 Å². The Morgan fingerprint density at radius 1 is 0.828 bits per heavy atom. The van der Waals surface area contributed by atoms with Crippen LogP contribution in [0, 0.1) is 0 Å². The maximum absolute atomic E-state index is 14.6. The molecule has 0 aliphatic carbocycles. The van der Waals surface area contributed by atoms with Crippen molar-refractivity contribution in [2.24, 2.45) is 0 Å². The third-order valence-electron chi connectivity index (χ3n) is 4.34. The van der Waals surface area contributed by atoms with Gasteiger partial charge in [0.1, 0.15) is 5.69 Å². The van der Waals surface area contributed by atoms with Crippen molar-refractivity contribution in [3.8, 4) is 11.3 Å². The van der Waals surface area contributed by atoms with Gasteiger partial charge in [0.15, 0.2) is 5.65 Å². The van der Waals surface area contributed by atoms with Gasteiger partial charge < -0.3 is 0 Å². The highest BCUT2D eigenvalue weighted by atomic mass is 19.4. The van der Waals surface area contributed by atoms with Gasteiger partial charge in [-0.25, -0.2) is 9.50 Å². The molecule has 0 bridgehead atoms. The minimum Gasteiger partial charge on any atom is -0.233 e. The van der Waals surface area contributed by atoms with Crippen LogP contribution in [-0.2, 0) is 11.3 Å². The van der Waals surface area contributed by atoms with Gasteiger partial charge in [0, 0.05) is 17.0 Å². The van der Waals surface area contributed by atoms with Crippen LogP contribution in [0.25, 0.3) is 16.9 Å². The summed E-state index contributed by atoms with van der Waals surface area (Å²) in [7, 11) is 0. The molecule has 0 saturated carbocycles. The highest BCUT2D eigenvalue weighted by Crippen LogP contribution is 2.52. The summed E-state index contributed by atoms with van der Waals surface area (Å²) in [5, 5.41) is 3.84. The summed E-state index contributed by atoms with van der Waals surface area (Å²) < 4.78 is 95.2. The van der Waals surface area contributed by atoms with Crippen molar-refractivity contribution in [3.05, 3.63) is 53.9 Å². The molecule has 1 aromatic carbocycles. The fourth-order valence-corrected chi connectivity index (χ4v) is 2.67. The molecule has 0 N–H and O–H groups in total. The lowest BCUT2D eigenvalue weighted by Crippen LogP contribution is -2.51. The maximum Gasteiger partial charge on any atom is 0.460 e. The molecule has 10 heteroatoms. The number of hydrogen-bond acceptors (Lipinski definition) is 2. The summed E-state index contributed by atoms with van der Waals surface area (Å²) >= 11 is 0. The van der Waals surface area contributed by atoms with Gasteiger partial charge in [0.2, 0.25) is 0 Å². The number of hydrogen-bond donors (Lipinski definition) is 0. The SMILES string of the molecule is CC(C)(C)c1cc(C(F)(F)C(F)(F)C(F)(F)F)n2nc(-c3ccccc3)cc2n1. The van der Waals surface area contributed by atoms with Gasteiger partial charge in [-0.1, -0.05) is 51.1 Å². The molecule has 3 rings (SSSR count). The molecule has 29 heavy (non-hydrogen) atoms. The van der Waals surface area contributed by atoms with Crippen LogP contribution in [0.15, 0.2) is 42.5 Å². The Hall–Kier alpha value is -2.65. The Morgan fingerprint density at radius 2 is 1.41 bits per heavy atom. The van der Waals surface area contributed by atoms with E-state index in [9.17, 15) is 30.7 Å². The van der Waals surface area contributed by atoms with E-state index >= 15 is 0 Å². The summed E-state index contributed by atoms with van der Waals surface area (Å²) in [6.45, 7) is 4.72. The largest absolute Gasteiger partial charge is 0.460 e. The number of benzene rings is 1. The van der Waals surface area contributed by atoms with Crippen LogP contribution in [0.5, 0.6) is 0 Å². The Bertz CT molecular complexity index is 1030. The van der Waals surface area contributed by atoms with Crippen molar-refractivity contribution in [3.63, 3.8) is 0 Å². The van der Waals surface area contributed by atoms with Gasteiger partial charge >= 0.3 is 18.0 Å². The van der Waals surface area contributed by atoms with Gasteiger partial charge in [-0.2, -0.15) is 35.8 Å². The number of aromatic nitrogens is 3. The lowest BCUT2D eigenvalue weighted by molar-refractivity contribution is -0.360. The van der Waals surface area contributed by atoms with E-state index in [1.807, 2.05) is 0 Å². The van der Waals surface area contributed by atoms with Crippen LogP contribution in [0.4, 0.5) is 30.7 Å². The zero-order valence-electron chi connectivity index (χ0n) is 15.5. The summed E-state index contributed by atoms with van der Waals surface area (Å²) in [6.07, 6.45) is -6.45. The first-order chi connectivity index (χ1) is 13.2. The van der Waals surface area contributed by atoms with Crippen LogP contribution < -0.4 is 0 Å². The average molecular weight is 419 g/mol. The fraction of sp³-hybridized carbons (Fsp3) is 0.368. The molecule has 0 spiro atoms. The zero-order chi connectivity index (χ0) is 21.8. The molecule has 0 unspecified atom stereocenters. The lowest BCUT2D eigenvalue weighted by atomic mass is 9.90. The molecule has 0 fully saturated rings. The molecule has 0 saturated heterocycles. The van der Waals surface area contributed by atoms with E-state index in [1.54, 1.807) is 51.1 Å². The van der Waals surface area contributed by atoms with Gasteiger partial charge in [0.05, 0.1) is 11.4 Å². The molecule has 0 aliphatic rings. The van der Waals surface area contributed by atoms with Gasteiger partial charge in [0.25, 0.3) is 0 Å². The van der Waals surface area contributed by atoms with Crippen LogP contribution in [0.2, 0.25) is 0 Å². The Labute approximate surface area is 161 Å². The van der Waals surface area contributed by atoms with Crippen molar-refractivity contribution < 1.29 is 30.7 Å². The smallest absolute Gasteiger partial charge is 0.233 e. The molecule has 2 aromatic heterocycles. The highest BCUT2D eigenvalue weighted by Gasteiger charge is 2.74. The summed E-state index contributed by atoms with van der Waals surface area (Å²) in [4.78, 5) is 4.15. The Kier molecular flexibility index (Phi) is 4.67. The number of rotatable bonds is 3. The van der Waals surface area contributed by atoms with Crippen LogP contribution in [0.1, 0.15) is 32.2 Å². The quantitative estimate of drug-likeness (QED) is 0.489. The number of fused-ring (bicyclic) bond motifs is 1. The molecular weight excluding hydrogens is 403 g/mol. The summed E-state index contributed by atoms with van der Waals surface area (Å²) in [5.41, 5.74) is -2.24. The van der Waals surface area contributed by atoms with Crippen molar-refractivity contribution >= 4 is 5.65 Å². The summed E-state index contributed by atoms with van der Waals surface area (Å²) in [5.74, 6) is -11.9. The second kappa shape index (κ2) is 6.43. The normalized spacial score (nSPS) is 13.9. The molecule has 0 radical (unpaired) electrons. The molecule has 3 aromatic rings. The standard InChI is InChI=1S/C19H16F7N3/c1-16(2,3)13-10-14(17(20,21)18(22,23)19(24,25)26)29-15(27-13)9-12(28-29)11-7-5-4-6-8-11/h4-10H,1-3H3. The van der Waals surface area contributed by atoms with Gasteiger partial charge in [-0.3, -0.25) is 0 Å². The summed E-state index contributed by atoms with van der Waals surface area (Å²) in [6, 6.07) is 9.97. The maximum atomic E-state index is 14.6. The number of halogens is 7. The predicted octanol–water partition coefficient (Wildman–Crippen LogP) is 5.98. The first-order valence-electron chi connectivity index (χ1n) is 8.46. The van der Waals surface area contributed by atoms with Crippen molar-refractivity contribution in [1.29, 1.82) is 0 Å². The van der Waals surface area contributed by atoms with E-state index in [0.29, 0.717) is 16.1 Å². The van der Waals surface area contributed by atoms with Crippen molar-refractivity contribution in [2.75, 3.05) is 0 Å². The van der Waals surface area contributed by atoms with Crippen LogP contribution >= 0.6 is 0 Å². The Morgan fingerprint density at radius 3 is 1.93 bits per heavy atom. The molecule has 3 nitrogen and oxygen atoms in total.